The number of nitrogens with one attached hydrogen (secondary N) is 1. The van der Waals surface area contributed by atoms with Crippen molar-refractivity contribution in [3.05, 3.63) is 35.6 Å². The molecule has 1 aliphatic heterocycles. The SMILES string of the molecule is CC1SCC(C(=O)O)N1C(=O)NCc1cccc(F)c1. The molecule has 2 atom stereocenters. The molecule has 0 radical (unpaired) electrons. The Morgan fingerprint density at radius 3 is 2.95 bits per heavy atom. The predicted octanol–water partition coefficient (Wildman–Crippen LogP) is 1.88. The van der Waals surface area contributed by atoms with Crippen LogP contribution in [0.25, 0.3) is 0 Å². The smallest absolute Gasteiger partial charge is 0.327 e. The van der Waals surface area contributed by atoms with Gasteiger partial charge in [0, 0.05) is 12.3 Å². The van der Waals surface area contributed by atoms with Crippen molar-refractivity contribution in [2.45, 2.75) is 24.9 Å². The summed E-state index contributed by atoms with van der Waals surface area (Å²) < 4.78 is 13.0. The molecule has 1 saturated heterocycles. The van der Waals surface area contributed by atoms with Crippen molar-refractivity contribution in [2.24, 2.45) is 0 Å². The van der Waals surface area contributed by atoms with E-state index in [1.54, 1.807) is 19.1 Å². The number of hydrogen-bond acceptors (Lipinski definition) is 3. The zero-order valence-electron chi connectivity index (χ0n) is 10.9. The lowest BCUT2D eigenvalue weighted by molar-refractivity contribution is -0.141. The van der Waals surface area contributed by atoms with Gasteiger partial charge in [0.2, 0.25) is 0 Å². The van der Waals surface area contributed by atoms with E-state index in [4.69, 9.17) is 5.11 Å². The van der Waals surface area contributed by atoms with Crippen molar-refractivity contribution in [1.82, 2.24) is 10.2 Å². The maximum Gasteiger partial charge on any atom is 0.327 e. The van der Waals surface area contributed by atoms with E-state index in [0.29, 0.717) is 11.3 Å². The first-order chi connectivity index (χ1) is 9.49. The third kappa shape index (κ3) is 3.22. The van der Waals surface area contributed by atoms with E-state index < -0.39 is 18.0 Å². The van der Waals surface area contributed by atoms with Gasteiger partial charge in [-0.2, -0.15) is 0 Å². The van der Waals surface area contributed by atoms with E-state index in [-0.39, 0.29) is 17.7 Å². The Hall–Kier alpha value is -1.76. The molecule has 20 heavy (non-hydrogen) atoms. The van der Waals surface area contributed by atoms with E-state index in [9.17, 15) is 14.0 Å². The third-order valence-electron chi connectivity index (χ3n) is 3.08. The van der Waals surface area contributed by atoms with E-state index in [1.807, 2.05) is 0 Å². The second-order valence-electron chi connectivity index (χ2n) is 4.48. The number of rotatable bonds is 3. The molecule has 1 aromatic carbocycles. The first-order valence-corrected chi connectivity index (χ1v) is 7.19. The Kier molecular flexibility index (Phi) is 4.49. The molecule has 1 aromatic rings. The maximum absolute atomic E-state index is 13.0. The van der Waals surface area contributed by atoms with Crippen LogP contribution in [0.4, 0.5) is 9.18 Å². The van der Waals surface area contributed by atoms with Gasteiger partial charge in [-0.25, -0.2) is 14.0 Å². The van der Waals surface area contributed by atoms with Gasteiger partial charge >= 0.3 is 12.0 Å². The lowest BCUT2D eigenvalue weighted by Gasteiger charge is -2.25. The van der Waals surface area contributed by atoms with Crippen LogP contribution < -0.4 is 5.32 Å². The molecule has 108 valence electrons. The third-order valence-corrected chi connectivity index (χ3v) is 4.29. The summed E-state index contributed by atoms with van der Waals surface area (Å²) in [6, 6.07) is 4.65. The molecule has 1 aliphatic rings. The number of hydrogen-bond donors (Lipinski definition) is 2. The molecule has 7 heteroatoms. The fraction of sp³-hybridized carbons (Fsp3) is 0.385. The highest BCUT2D eigenvalue weighted by Crippen LogP contribution is 2.28. The Morgan fingerprint density at radius 1 is 1.55 bits per heavy atom. The van der Waals surface area contributed by atoms with Gasteiger partial charge in [0.15, 0.2) is 0 Å². The second kappa shape index (κ2) is 6.13. The van der Waals surface area contributed by atoms with E-state index in [2.05, 4.69) is 5.32 Å². The lowest BCUT2D eigenvalue weighted by Crippen LogP contribution is -2.49. The van der Waals surface area contributed by atoms with Crippen LogP contribution in [-0.2, 0) is 11.3 Å². The summed E-state index contributed by atoms with van der Waals surface area (Å²) in [5.74, 6) is -1.00. The van der Waals surface area contributed by atoms with Crippen LogP contribution in [0.5, 0.6) is 0 Å². The topological polar surface area (TPSA) is 69.6 Å². The average Bonchev–Trinajstić information content (AvgIpc) is 2.78. The van der Waals surface area contributed by atoms with Crippen molar-refractivity contribution >= 4 is 23.8 Å². The molecule has 1 heterocycles. The average molecular weight is 298 g/mol. The number of carboxylic acids is 1. The molecule has 5 nitrogen and oxygen atoms in total. The van der Waals surface area contributed by atoms with Crippen molar-refractivity contribution in [3.63, 3.8) is 0 Å². The molecular formula is C13H15FN2O3S. The van der Waals surface area contributed by atoms with Crippen molar-refractivity contribution in [2.75, 3.05) is 5.75 Å². The molecule has 0 aliphatic carbocycles. The zero-order chi connectivity index (χ0) is 14.7. The Bertz CT molecular complexity index is 526. The summed E-state index contributed by atoms with van der Waals surface area (Å²) in [4.78, 5) is 24.5. The summed E-state index contributed by atoms with van der Waals surface area (Å²) in [5, 5.41) is 11.5. The fourth-order valence-corrected chi connectivity index (χ4v) is 3.22. The number of urea groups is 1. The van der Waals surface area contributed by atoms with Gasteiger partial charge in [-0.15, -0.1) is 11.8 Å². The van der Waals surface area contributed by atoms with Crippen LogP contribution in [0.3, 0.4) is 0 Å². The number of amides is 2. The molecule has 2 rings (SSSR count). The van der Waals surface area contributed by atoms with E-state index in [1.165, 1.54) is 28.8 Å². The number of aliphatic carboxylic acids is 1. The molecule has 0 aromatic heterocycles. The number of nitrogens with zero attached hydrogens (tertiary/aromatic N) is 1. The van der Waals surface area contributed by atoms with E-state index in [0.717, 1.165) is 0 Å². The number of benzene rings is 1. The molecule has 0 saturated carbocycles. The van der Waals surface area contributed by atoms with Crippen molar-refractivity contribution in [3.8, 4) is 0 Å². The van der Waals surface area contributed by atoms with Crippen LogP contribution in [-0.4, -0.2) is 39.2 Å². The van der Waals surface area contributed by atoms with Gasteiger partial charge in [-0.3, -0.25) is 4.90 Å². The molecule has 0 spiro atoms. The summed E-state index contributed by atoms with van der Waals surface area (Å²) >= 11 is 1.42. The highest BCUT2D eigenvalue weighted by molar-refractivity contribution is 8.00. The number of carboxylic acid groups (broad SMARTS) is 1. The summed E-state index contributed by atoms with van der Waals surface area (Å²) in [6.45, 7) is 1.95. The molecule has 0 bridgehead atoms. The minimum absolute atomic E-state index is 0.164. The zero-order valence-corrected chi connectivity index (χ0v) is 11.7. The number of carbonyl (C=O) groups is 2. The van der Waals surface area contributed by atoms with Crippen molar-refractivity contribution in [1.29, 1.82) is 0 Å². The predicted molar refractivity (Wildman–Crippen MR) is 73.8 cm³/mol. The Morgan fingerprint density at radius 2 is 2.30 bits per heavy atom. The summed E-state index contributed by atoms with van der Waals surface area (Å²) in [5.41, 5.74) is 0.629. The highest BCUT2D eigenvalue weighted by atomic mass is 32.2. The van der Waals surface area contributed by atoms with Gasteiger partial charge in [0.05, 0.1) is 5.37 Å². The lowest BCUT2D eigenvalue weighted by atomic mass is 10.2. The largest absolute Gasteiger partial charge is 0.480 e. The molecule has 2 unspecified atom stereocenters. The monoisotopic (exact) mass is 298 g/mol. The number of thioether (sulfide) groups is 1. The van der Waals surface area contributed by atoms with Gasteiger partial charge in [0.25, 0.3) is 0 Å². The fourth-order valence-electron chi connectivity index (χ4n) is 2.06. The van der Waals surface area contributed by atoms with Gasteiger partial charge in [-0.1, -0.05) is 12.1 Å². The van der Waals surface area contributed by atoms with Gasteiger partial charge < -0.3 is 10.4 Å². The van der Waals surface area contributed by atoms with E-state index >= 15 is 0 Å². The second-order valence-corrected chi connectivity index (χ2v) is 5.83. The first-order valence-electron chi connectivity index (χ1n) is 6.14. The Labute approximate surface area is 120 Å². The number of carbonyl (C=O) groups excluding carboxylic acids is 1. The Balaban J connectivity index is 1.99. The molecule has 2 N–H and O–H groups in total. The van der Waals surface area contributed by atoms with Crippen LogP contribution >= 0.6 is 11.8 Å². The normalized spacial score (nSPS) is 21.8. The summed E-state index contributed by atoms with van der Waals surface area (Å²) in [7, 11) is 0. The minimum Gasteiger partial charge on any atom is -0.480 e. The maximum atomic E-state index is 13.0. The molecular weight excluding hydrogens is 283 g/mol. The molecule has 1 fully saturated rings. The number of halogens is 1. The van der Waals surface area contributed by atoms with Crippen LogP contribution in [0.1, 0.15) is 12.5 Å². The summed E-state index contributed by atoms with van der Waals surface area (Å²) in [6.07, 6.45) is 0. The standard InChI is InChI=1S/C13H15FN2O3S/c1-8-16(11(7-20-8)12(17)18)13(19)15-6-9-3-2-4-10(14)5-9/h2-5,8,11H,6-7H2,1H3,(H,15,19)(H,17,18). The first kappa shape index (κ1) is 14.6. The van der Waals surface area contributed by atoms with Gasteiger partial charge in [0.1, 0.15) is 11.9 Å². The van der Waals surface area contributed by atoms with Crippen LogP contribution in [0.2, 0.25) is 0 Å². The van der Waals surface area contributed by atoms with Gasteiger partial charge in [-0.05, 0) is 24.6 Å². The minimum atomic E-state index is -1.01. The van der Waals surface area contributed by atoms with Crippen LogP contribution in [0.15, 0.2) is 24.3 Å². The van der Waals surface area contributed by atoms with Crippen molar-refractivity contribution < 1.29 is 19.1 Å². The molecule has 2 amide bonds. The quantitative estimate of drug-likeness (QED) is 0.894. The van der Waals surface area contributed by atoms with Crippen LogP contribution in [0, 0.1) is 5.82 Å². The highest BCUT2D eigenvalue weighted by Gasteiger charge is 2.39.